The Balaban J connectivity index is 1.28. The van der Waals surface area contributed by atoms with E-state index >= 15 is 28.8 Å². The van der Waals surface area contributed by atoms with E-state index in [1.165, 1.54) is 69.4 Å². The van der Waals surface area contributed by atoms with Crippen LogP contribution in [0.3, 0.4) is 0 Å². The van der Waals surface area contributed by atoms with E-state index in [0.717, 1.165) is 17.7 Å². The number of carbonyl (C=O) groups is 11. The number of carbonyl (C=O) groups excluding carboxylic acids is 11. The third-order valence-corrected chi connectivity index (χ3v) is 24.2. The highest BCUT2D eigenvalue weighted by atomic mass is 35.5. The maximum absolute atomic E-state index is 15.5. The first-order valence-corrected chi connectivity index (χ1v) is 37.8. The number of nitrogens with zero attached hydrogens (tertiary/aromatic N) is 8. The number of hydrogen-bond donors (Lipinski definition) is 3. The number of fused-ring (bicyclic) bond motifs is 2. The summed E-state index contributed by atoms with van der Waals surface area (Å²) in [5.41, 5.74) is -1.54. The predicted molar refractivity (Wildman–Crippen MR) is 368 cm³/mol. The first-order valence-electron chi connectivity index (χ1n) is 37.3. The Morgan fingerprint density at radius 2 is 1.26 bits per heavy atom. The number of likely N-dealkylation sites (N-methyl/N-ethyl adjacent to an activating group) is 6. The Morgan fingerprint density at radius 1 is 0.627 bits per heavy atom. The Hall–Kier alpha value is -6.00. The molecule has 578 valence electrons. The molecular weight excluding hydrogens is 1360 g/mol. The van der Waals surface area contributed by atoms with Crippen molar-refractivity contribution in [1.82, 2.24) is 55.1 Å². The Kier molecular flexibility index (Phi) is 28.9. The summed E-state index contributed by atoms with van der Waals surface area (Å²) >= 11 is 6.41. The van der Waals surface area contributed by atoms with Crippen molar-refractivity contribution in [3.05, 3.63) is 0 Å². The quantitative estimate of drug-likeness (QED) is 0.120. The average molecular weight is 1480 g/mol. The van der Waals surface area contributed by atoms with Crippen LogP contribution in [0.4, 0.5) is 26.3 Å². The van der Waals surface area contributed by atoms with Crippen LogP contribution in [0.25, 0.3) is 0 Å². The normalized spacial score (nSPS) is 32.7. The van der Waals surface area contributed by atoms with Gasteiger partial charge in [0, 0.05) is 85.7 Å². The molecule has 7 aliphatic rings. The van der Waals surface area contributed by atoms with E-state index in [4.69, 9.17) is 16.3 Å². The van der Waals surface area contributed by atoms with Gasteiger partial charge >= 0.3 is 12.4 Å². The number of rotatable bonds is 13. The predicted octanol–water partition coefficient (Wildman–Crippen LogP) is 7.44. The topological polar surface area (TPSA) is 259 Å². The van der Waals surface area contributed by atoms with E-state index in [0.29, 0.717) is 25.7 Å². The minimum Gasteiger partial charge on any atom is -0.377 e. The molecule has 1 spiro atoms. The van der Waals surface area contributed by atoms with Crippen LogP contribution < -0.4 is 16.0 Å². The molecule has 102 heavy (non-hydrogen) atoms. The van der Waals surface area contributed by atoms with Gasteiger partial charge in [0.15, 0.2) is 0 Å². The molecule has 7 fully saturated rings. The zero-order chi connectivity index (χ0) is 75.8. The molecule has 7 rings (SSSR count). The van der Waals surface area contributed by atoms with E-state index in [2.05, 4.69) is 16.0 Å². The van der Waals surface area contributed by atoms with Gasteiger partial charge in [0.25, 0.3) is 0 Å². The molecule has 0 bridgehead atoms. The molecule has 0 aromatic rings. The van der Waals surface area contributed by atoms with E-state index in [9.17, 15) is 50.3 Å². The van der Waals surface area contributed by atoms with Gasteiger partial charge in [-0.25, -0.2) is 0 Å². The number of hydrogen-bond acceptors (Lipinski definition) is 12. The summed E-state index contributed by atoms with van der Waals surface area (Å²) in [6, 6.07) is -10.7. The highest BCUT2D eigenvalue weighted by molar-refractivity contribution is 6.20. The molecule has 3 heterocycles. The van der Waals surface area contributed by atoms with Crippen molar-refractivity contribution in [3.63, 3.8) is 0 Å². The third-order valence-electron chi connectivity index (χ3n) is 23.8. The van der Waals surface area contributed by atoms with Crippen LogP contribution in [-0.4, -0.2) is 256 Å². The molecule has 4 aliphatic carbocycles. The zero-order valence-corrected chi connectivity index (χ0v) is 62.9. The number of alkyl halides is 7. The fourth-order valence-electron chi connectivity index (χ4n) is 16.6. The van der Waals surface area contributed by atoms with Gasteiger partial charge < -0.3 is 59.9 Å². The molecule has 3 saturated heterocycles. The lowest BCUT2D eigenvalue weighted by Crippen LogP contribution is -2.68. The van der Waals surface area contributed by atoms with E-state index in [1.807, 2.05) is 20.8 Å². The summed E-state index contributed by atoms with van der Waals surface area (Å²) in [4.78, 5) is 175. The molecule has 3 unspecified atom stereocenters. The average Bonchev–Trinajstić information content (AvgIpc) is 1.19. The summed E-state index contributed by atoms with van der Waals surface area (Å²) < 4.78 is 90.4. The lowest BCUT2D eigenvalue weighted by molar-refractivity contribution is -0.184. The highest BCUT2D eigenvalue weighted by Crippen LogP contribution is 2.45. The first kappa shape index (κ1) is 83.3. The lowest BCUT2D eigenvalue weighted by atomic mass is 9.74. The SMILES string of the molecule is CCO[C@@H]1C[C@H]2C(=O)NC3(CCC3)C(=O)N(C)[C@@H](C3CCCC3)C(=O)N(C)[C@H](C)CC(=O)N(C)[C@@H](CC(C)C)C(=O)N[C@@H]([C@@H](C)CC)C(=O)N(C)[C@@H](C)C(=O)N3CC[C@H]3C(=O)N(CC)[C@@H](CC3CCC(C(F)(F)F)CC3)C(=O)N(C)CC(=O)N[C@@H](CCC3CCC(C(F)(F)F)C(Cl)C3)C(=O)N2C1. The third kappa shape index (κ3) is 19.5. The fraction of sp³-hybridized carbons (Fsp3) is 0.847. The molecule has 0 radical (unpaired) electrons. The van der Waals surface area contributed by atoms with Gasteiger partial charge in [-0.2, -0.15) is 26.3 Å². The van der Waals surface area contributed by atoms with Crippen molar-refractivity contribution in [1.29, 1.82) is 0 Å². The summed E-state index contributed by atoms with van der Waals surface area (Å²) in [7, 11) is 7.25. The van der Waals surface area contributed by atoms with Crippen molar-refractivity contribution in [3.8, 4) is 0 Å². The molecule has 3 N–H and O–H groups in total. The molecule has 3 aliphatic heterocycles. The second-order valence-electron chi connectivity index (χ2n) is 31.0. The zero-order valence-electron chi connectivity index (χ0n) is 62.1. The van der Waals surface area contributed by atoms with Crippen molar-refractivity contribution in [2.75, 3.05) is 68.0 Å². The van der Waals surface area contributed by atoms with Crippen molar-refractivity contribution in [2.24, 2.45) is 41.4 Å². The van der Waals surface area contributed by atoms with Crippen LogP contribution in [0.2, 0.25) is 0 Å². The van der Waals surface area contributed by atoms with E-state index in [-0.39, 0.29) is 141 Å². The molecule has 30 heteroatoms. The van der Waals surface area contributed by atoms with Crippen molar-refractivity contribution in [2.45, 2.75) is 280 Å². The monoisotopic (exact) mass is 1470 g/mol. The second kappa shape index (κ2) is 35.4. The summed E-state index contributed by atoms with van der Waals surface area (Å²) in [6.07, 6.45) is -6.46. The Labute approximate surface area is 603 Å². The molecule has 14 atom stereocenters. The van der Waals surface area contributed by atoms with Gasteiger partial charge in [0.2, 0.25) is 65.0 Å². The summed E-state index contributed by atoms with van der Waals surface area (Å²) in [6.45, 7) is 13.0. The second-order valence-corrected chi connectivity index (χ2v) is 31.6. The smallest absolute Gasteiger partial charge is 0.377 e. The number of amides is 11. The van der Waals surface area contributed by atoms with Gasteiger partial charge in [0.05, 0.1) is 24.5 Å². The van der Waals surface area contributed by atoms with Crippen LogP contribution in [0.5, 0.6) is 0 Å². The number of halogens is 7. The summed E-state index contributed by atoms with van der Waals surface area (Å²) in [5, 5.41) is 7.43. The minimum atomic E-state index is -4.55. The Bertz CT molecular complexity index is 2990. The number of nitrogens with one attached hydrogen (secondary N) is 3. The Morgan fingerprint density at radius 3 is 1.80 bits per heavy atom. The van der Waals surface area contributed by atoms with Gasteiger partial charge in [-0.15, -0.1) is 11.6 Å². The van der Waals surface area contributed by atoms with E-state index < -0.39 is 185 Å². The van der Waals surface area contributed by atoms with Gasteiger partial charge in [-0.05, 0) is 166 Å². The van der Waals surface area contributed by atoms with Crippen molar-refractivity contribution >= 4 is 76.6 Å². The maximum atomic E-state index is 15.5. The largest absolute Gasteiger partial charge is 0.393 e. The van der Waals surface area contributed by atoms with Crippen LogP contribution in [0.15, 0.2) is 0 Å². The number of ether oxygens (including phenoxy) is 1. The first-order chi connectivity index (χ1) is 47.8. The molecule has 0 aromatic carbocycles. The van der Waals surface area contributed by atoms with Crippen molar-refractivity contribution < 1.29 is 83.8 Å². The van der Waals surface area contributed by atoms with Crippen LogP contribution in [-0.2, 0) is 57.5 Å². The van der Waals surface area contributed by atoms with Gasteiger partial charge in [0.1, 0.15) is 53.9 Å². The standard InChI is InChI=1S/C72H114ClF6N11O12/c1-14-42(6)59-67(99)85(11)44(8)63(95)89-33-30-53(89)66(98)88(15-2)56(37-46-22-26-48(27-23-46)71(74,75)76)65(97)83(9)40-57(91)80-52(29-25-45-24-28-50(51(73)36-45)72(77,78)79)64(96)90-39-49(102-16-3)38-55(90)62(94)82-70(31-19-32-70)69(101)87(13)60(47-20-17-18-21-47)68(100)84(10)43(7)35-58(92)86(12)54(34-41(4)5)61(93)81-59/h41-56,59-60H,14-40H2,1-13H3,(H,80,91)(H,81,93)(H,82,94)/t42-,43+,44-,45?,46?,48?,49+,50?,51?,52-,53-,54-,55-,56-,59-,60-/m0/s1. The molecule has 4 saturated carbocycles. The highest BCUT2D eigenvalue weighted by Gasteiger charge is 2.55. The minimum absolute atomic E-state index is 0.0471. The molecular formula is C72H114ClF6N11O12. The van der Waals surface area contributed by atoms with Crippen LogP contribution >= 0.6 is 11.6 Å². The van der Waals surface area contributed by atoms with Gasteiger partial charge in [-0.3, -0.25) is 52.7 Å². The molecule has 0 aromatic heterocycles. The lowest BCUT2D eigenvalue weighted by Gasteiger charge is -2.46. The summed E-state index contributed by atoms with van der Waals surface area (Å²) in [5.74, 6) is -12.4. The van der Waals surface area contributed by atoms with Crippen LogP contribution in [0, 0.1) is 41.4 Å². The fourth-order valence-corrected chi connectivity index (χ4v) is 17.1. The molecule has 23 nitrogen and oxygen atoms in total. The molecule has 11 amide bonds. The van der Waals surface area contributed by atoms with Gasteiger partial charge in [-0.1, -0.05) is 47.0 Å². The van der Waals surface area contributed by atoms with Crippen LogP contribution in [0.1, 0.15) is 197 Å². The maximum Gasteiger partial charge on any atom is 0.393 e. The van der Waals surface area contributed by atoms with E-state index in [1.54, 1.807) is 34.7 Å².